The summed E-state index contributed by atoms with van der Waals surface area (Å²) in [7, 11) is 4.21. The molecule has 0 aliphatic carbocycles. The van der Waals surface area contributed by atoms with Gasteiger partial charge in [-0.25, -0.2) is 0 Å². The minimum Gasteiger partial charge on any atom is -0.508 e. The average molecular weight is 221 g/mol. The summed E-state index contributed by atoms with van der Waals surface area (Å²) in [6.07, 6.45) is 1.11. The first-order valence-corrected chi connectivity index (χ1v) is 5.98. The second-order valence-corrected chi connectivity index (χ2v) is 4.85. The maximum Gasteiger partial charge on any atom is 0.115 e. The molecule has 0 heterocycles. The van der Waals surface area contributed by atoms with Crippen LogP contribution in [0.25, 0.3) is 0 Å². The maximum atomic E-state index is 9.51. The van der Waals surface area contributed by atoms with E-state index >= 15 is 0 Å². The van der Waals surface area contributed by atoms with Gasteiger partial charge in [-0.05, 0) is 50.0 Å². The van der Waals surface area contributed by atoms with E-state index < -0.39 is 0 Å². The van der Waals surface area contributed by atoms with Gasteiger partial charge in [0.15, 0.2) is 0 Å². The Morgan fingerprint density at radius 2 is 2.00 bits per heavy atom. The second-order valence-electron chi connectivity index (χ2n) is 4.85. The number of phenols is 1. The molecule has 0 aliphatic rings. The maximum absolute atomic E-state index is 9.51. The molecule has 0 aliphatic heterocycles. The van der Waals surface area contributed by atoms with Crippen molar-refractivity contribution in [2.75, 3.05) is 20.6 Å². The summed E-state index contributed by atoms with van der Waals surface area (Å²) in [4.78, 5) is 2.22. The summed E-state index contributed by atoms with van der Waals surface area (Å²) >= 11 is 0. The van der Waals surface area contributed by atoms with Crippen LogP contribution >= 0.6 is 0 Å². The third-order valence-electron chi connectivity index (χ3n) is 3.08. The predicted molar refractivity (Wildman–Crippen MR) is 68.9 cm³/mol. The summed E-state index contributed by atoms with van der Waals surface area (Å²) in [5.41, 5.74) is 1.25. The molecule has 2 nitrogen and oxygen atoms in total. The molecule has 0 aromatic heterocycles. The lowest BCUT2D eigenvalue weighted by atomic mass is 9.85. The Morgan fingerprint density at radius 1 is 1.31 bits per heavy atom. The van der Waals surface area contributed by atoms with Gasteiger partial charge in [0.05, 0.1) is 0 Å². The fourth-order valence-corrected chi connectivity index (χ4v) is 2.43. The molecule has 16 heavy (non-hydrogen) atoms. The first-order chi connectivity index (χ1) is 7.54. The van der Waals surface area contributed by atoms with Crippen LogP contribution in [-0.4, -0.2) is 30.6 Å². The zero-order chi connectivity index (χ0) is 12.1. The molecule has 0 radical (unpaired) electrons. The topological polar surface area (TPSA) is 23.5 Å². The minimum absolute atomic E-state index is 0.369. The Morgan fingerprint density at radius 3 is 2.50 bits per heavy atom. The molecule has 0 amide bonds. The van der Waals surface area contributed by atoms with Crippen LogP contribution in [0.1, 0.15) is 31.7 Å². The molecule has 1 unspecified atom stereocenters. The number of benzene rings is 1. The van der Waals surface area contributed by atoms with Gasteiger partial charge in [-0.3, -0.25) is 0 Å². The summed E-state index contributed by atoms with van der Waals surface area (Å²) in [6.45, 7) is 5.56. The van der Waals surface area contributed by atoms with Gasteiger partial charge in [0.2, 0.25) is 0 Å². The molecule has 0 fully saturated rings. The molecule has 1 aromatic rings. The van der Waals surface area contributed by atoms with Gasteiger partial charge in [-0.15, -0.1) is 0 Å². The van der Waals surface area contributed by atoms with Crippen molar-refractivity contribution in [1.82, 2.24) is 4.90 Å². The molecule has 1 rings (SSSR count). The molecule has 0 saturated carbocycles. The van der Waals surface area contributed by atoms with Gasteiger partial charge in [0.1, 0.15) is 5.75 Å². The van der Waals surface area contributed by atoms with Crippen molar-refractivity contribution in [2.45, 2.75) is 26.2 Å². The highest BCUT2D eigenvalue weighted by Gasteiger charge is 2.18. The SMILES string of the molecule is CCC(c1cccc(O)c1)[C@H](C)CN(C)C. The van der Waals surface area contributed by atoms with Crippen molar-refractivity contribution < 1.29 is 5.11 Å². The van der Waals surface area contributed by atoms with Crippen LogP contribution in [-0.2, 0) is 0 Å². The summed E-state index contributed by atoms with van der Waals surface area (Å²) in [5.74, 6) is 1.49. The van der Waals surface area contributed by atoms with Crippen LogP contribution in [0.4, 0.5) is 0 Å². The second kappa shape index (κ2) is 5.90. The fraction of sp³-hybridized carbons (Fsp3) is 0.571. The smallest absolute Gasteiger partial charge is 0.115 e. The van der Waals surface area contributed by atoms with Crippen molar-refractivity contribution >= 4 is 0 Å². The van der Waals surface area contributed by atoms with Crippen LogP contribution < -0.4 is 0 Å². The zero-order valence-electron chi connectivity index (χ0n) is 10.8. The molecular formula is C14H23NO. The van der Waals surface area contributed by atoms with Crippen molar-refractivity contribution in [3.8, 4) is 5.75 Å². The highest BCUT2D eigenvalue weighted by molar-refractivity contribution is 5.30. The highest BCUT2D eigenvalue weighted by Crippen LogP contribution is 2.30. The molecular weight excluding hydrogens is 198 g/mol. The van der Waals surface area contributed by atoms with Crippen molar-refractivity contribution in [1.29, 1.82) is 0 Å². The van der Waals surface area contributed by atoms with Crippen molar-refractivity contribution in [3.05, 3.63) is 29.8 Å². The van der Waals surface area contributed by atoms with Gasteiger partial charge in [-0.1, -0.05) is 26.0 Å². The lowest BCUT2D eigenvalue weighted by molar-refractivity contribution is 0.301. The fourth-order valence-electron chi connectivity index (χ4n) is 2.43. The molecule has 0 saturated heterocycles. The lowest BCUT2D eigenvalue weighted by Gasteiger charge is -2.26. The van der Waals surface area contributed by atoms with E-state index in [0.717, 1.165) is 13.0 Å². The van der Waals surface area contributed by atoms with E-state index in [2.05, 4.69) is 38.9 Å². The van der Waals surface area contributed by atoms with E-state index in [1.54, 1.807) is 6.07 Å². The summed E-state index contributed by atoms with van der Waals surface area (Å²) in [6, 6.07) is 7.66. The Balaban J connectivity index is 2.81. The van der Waals surface area contributed by atoms with Gasteiger partial charge < -0.3 is 10.0 Å². The van der Waals surface area contributed by atoms with Crippen molar-refractivity contribution in [2.24, 2.45) is 5.92 Å². The normalized spacial score (nSPS) is 15.1. The third-order valence-corrected chi connectivity index (χ3v) is 3.08. The molecule has 0 bridgehead atoms. The first kappa shape index (κ1) is 13.0. The molecule has 1 aromatic carbocycles. The Labute approximate surface area is 98.9 Å². The molecule has 2 atom stereocenters. The number of phenolic OH excluding ortho intramolecular Hbond substituents is 1. The van der Waals surface area contributed by atoms with Gasteiger partial charge in [0, 0.05) is 6.54 Å². The quantitative estimate of drug-likeness (QED) is 0.826. The molecule has 0 spiro atoms. The molecule has 2 heteroatoms. The lowest BCUT2D eigenvalue weighted by Crippen LogP contribution is -2.24. The van der Waals surface area contributed by atoms with Crippen LogP contribution in [0, 0.1) is 5.92 Å². The van der Waals surface area contributed by atoms with Crippen LogP contribution in [0.2, 0.25) is 0 Å². The van der Waals surface area contributed by atoms with E-state index in [0.29, 0.717) is 17.6 Å². The summed E-state index contributed by atoms with van der Waals surface area (Å²) in [5, 5.41) is 9.51. The van der Waals surface area contributed by atoms with Crippen LogP contribution in [0.15, 0.2) is 24.3 Å². The van der Waals surface area contributed by atoms with Gasteiger partial charge >= 0.3 is 0 Å². The Kier molecular flexibility index (Phi) is 4.81. The van der Waals surface area contributed by atoms with E-state index in [1.807, 2.05) is 12.1 Å². The van der Waals surface area contributed by atoms with Gasteiger partial charge in [0.25, 0.3) is 0 Å². The largest absolute Gasteiger partial charge is 0.508 e. The monoisotopic (exact) mass is 221 g/mol. The standard InChI is InChI=1S/C14H23NO/c1-5-14(11(2)10-15(3)4)12-7-6-8-13(16)9-12/h6-9,11,14,16H,5,10H2,1-4H3/t11-,14?/m1/s1. The van der Waals surface area contributed by atoms with E-state index in [-0.39, 0.29) is 0 Å². The third kappa shape index (κ3) is 3.53. The predicted octanol–water partition coefficient (Wildman–Crippen LogP) is 3.08. The summed E-state index contributed by atoms with van der Waals surface area (Å²) < 4.78 is 0. The van der Waals surface area contributed by atoms with Gasteiger partial charge in [-0.2, -0.15) is 0 Å². The Hall–Kier alpha value is -1.02. The molecule has 90 valence electrons. The molecule has 1 N–H and O–H groups in total. The van der Waals surface area contributed by atoms with E-state index in [4.69, 9.17) is 0 Å². The minimum atomic E-state index is 0.369. The number of rotatable bonds is 5. The zero-order valence-corrected chi connectivity index (χ0v) is 10.8. The van der Waals surface area contributed by atoms with Crippen molar-refractivity contribution in [3.63, 3.8) is 0 Å². The Bertz CT molecular complexity index is 322. The van der Waals surface area contributed by atoms with E-state index in [1.165, 1.54) is 5.56 Å². The highest BCUT2D eigenvalue weighted by atomic mass is 16.3. The first-order valence-electron chi connectivity index (χ1n) is 5.98. The number of hydrogen-bond acceptors (Lipinski definition) is 2. The number of nitrogens with zero attached hydrogens (tertiary/aromatic N) is 1. The number of hydrogen-bond donors (Lipinski definition) is 1. The van der Waals surface area contributed by atoms with Crippen LogP contribution in [0.3, 0.4) is 0 Å². The van der Waals surface area contributed by atoms with E-state index in [9.17, 15) is 5.11 Å². The number of aromatic hydroxyl groups is 1. The average Bonchev–Trinajstić information content (AvgIpc) is 2.17. The van der Waals surface area contributed by atoms with Crippen LogP contribution in [0.5, 0.6) is 5.75 Å².